The van der Waals surface area contributed by atoms with Gasteiger partial charge in [-0.2, -0.15) is 0 Å². The molecule has 4 heteroatoms. The highest BCUT2D eigenvalue weighted by atomic mass is 79.9. The molecule has 0 atom stereocenters. The summed E-state index contributed by atoms with van der Waals surface area (Å²) in [4.78, 5) is 12.5. The average Bonchev–Trinajstić information content (AvgIpc) is 2.87. The minimum absolute atomic E-state index is 0.383. The number of benzene rings is 2. The van der Waals surface area contributed by atoms with Gasteiger partial charge in [0.15, 0.2) is 0 Å². The van der Waals surface area contributed by atoms with E-state index in [-0.39, 0.29) is 6.09 Å². The Morgan fingerprint density at radius 1 is 1.09 bits per heavy atom. The van der Waals surface area contributed by atoms with E-state index in [0.717, 1.165) is 26.5 Å². The lowest BCUT2D eigenvalue weighted by Crippen LogP contribution is -2.27. The third-order valence-electron chi connectivity index (χ3n) is 3.44. The molecule has 0 radical (unpaired) electrons. The molecule has 1 heterocycles. The summed E-state index contributed by atoms with van der Waals surface area (Å²) in [5.41, 5.74) is 1.27. The van der Waals surface area contributed by atoms with Gasteiger partial charge in [-0.1, -0.05) is 42.5 Å². The lowest BCUT2D eigenvalue weighted by Gasteiger charge is -2.20. The minimum atomic E-state index is -0.538. The van der Waals surface area contributed by atoms with E-state index in [1.165, 1.54) is 0 Å². The van der Waals surface area contributed by atoms with Gasteiger partial charge in [-0.25, -0.2) is 4.79 Å². The first-order valence-corrected chi connectivity index (χ1v) is 8.24. The lowest BCUT2D eigenvalue weighted by atomic mass is 10.0. The standard InChI is InChI=1S/C19H18BrNO2/c1-19(2,3)23-18(22)21-12-14(20)11-17(21)16-10-6-8-13-7-4-5-9-15(13)16/h4-12H,1-3H3. The van der Waals surface area contributed by atoms with Crippen molar-refractivity contribution in [2.24, 2.45) is 0 Å². The predicted octanol–water partition coefficient (Wildman–Crippen LogP) is 5.85. The SMILES string of the molecule is CC(C)(C)OC(=O)n1cc(Br)cc1-c1cccc2ccccc12. The first kappa shape index (κ1) is 15.8. The minimum Gasteiger partial charge on any atom is -0.443 e. The second kappa shape index (κ2) is 5.85. The first-order chi connectivity index (χ1) is 10.8. The molecule has 0 spiro atoms. The zero-order valence-corrected chi connectivity index (χ0v) is 14.9. The molecule has 0 unspecified atom stereocenters. The maximum atomic E-state index is 12.5. The van der Waals surface area contributed by atoms with Crippen LogP contribution in [0.2, 0.25) is 0 Å². The van der Waals surface area contributed by atoms with E-state index >= 15 is 0 Å². The molecule has 0 bridgehead atoms. The van der Waals surface area contributed by atoms with Gasteiger partial charge in [0.1, 0.15) is 5.60 Å². The normalized spacial score (nSPS) is 11.7. The molecule has 0 saturated carbocycles. The summed E-state index contributed by atoms with van der Waals surface area (Å²) in [5, 5.41) is 2.24. The van der Waals surface area contributed by atoms with Crippen molar-refractivity contribution in [3.8, 4) is 11.3 Å². The zero-order chi connectivity index (χ0) is 16.6. The van der Waals surface area contributed by atoms with E-state index in [4.69, 9.17) is 4.74 Å². The van der Waals surface area contributed by atoms with Gasteiger partial charge in [-0.3, -0.25) is 4.57 Å². The Kier molecular flexibility index (Phi) is 4.02. The van der Waals surface area contributed by atoms with Gasteiger partial charge in [0, 0.05) is 16.2 Å². The summed E-state index contributed by atoms with van der Waals surface area (Å²) >= 11 is 3.46. The fraction of sp³-hybridized carbons (Fsp3) is 0.211. The molecule has 23 heavy (non-hydrogen) atoms. The van der Waals surface area contributed by atoms with Crippen LogP contribution in [0.4, 0.5) is 4.79 Å². The molecule has 3 rings (SSSR count). The molecule has 3 nitrogen and oxygen atoms in total. The van der Waals surface area contributed by atoms with Gasteiger partial charge in [0.2, 0.25) is 0 Å². The monoisotopic (exact) mass is 371 g/mol. The lowest BCUT2D eigenvalue weighted by molar-refractivity contribution is 0.0540. The Morgan fingerprint density at radius 2 is 1.78 bits per heavy atom. The third-order valence-corrected chi connectivity index (χ3v) is 3.88. The van der Waals surface area contributed by atoms with Gasteiger partial charge < -0.3 is 4.74 Å². The van der Waals surface area contributed by atoms with Crippen LogP contribution in [0, 0.1) is 0 Å². The summed E-state index contributed by atoms with van der Waals surface area (Å²) in [6.07, 6.45) is 1.36. The molecular weight excluding hydrogens is 354 g/mol. The van der Waals surface area contributed by atoms with E-state index in [1.54, 1.807) is 10.8 Å². The van der Waals surface area contributed by atoms with Crippen LogP contribution >= 0.6 is 15.9 Å². The Labute approximate surface area is 144 Å². The number of carbonyl (C=O) groups excluding carboxylic acids is 1. The zero-order valence-electron chi connectivity index (χ0n) is 13.3. The van der Waals surface area contributed by atoms with E-state index in [2.05, 4.69) is 34.1 Å². The van der Waals surface area contributed by atoms with Crippen molar-refractivity contribution in [2.75, 3.05) is 0 Å². The number of rotatable bonds is 1. The maximum Gasteiger partial charge on any atom is 0.419 e. The molecule has 0 N–H and O–H groups in total. The van der Waals surface area contributed by atoms with Gasteiger partial charge in [0.05, 0.1) is 5.69 Å². The molecular formula is C19H18BrNO2. The topological polar surface area (TPSA) is 31.2 Å². The molecule has 0 fully saturated rings. The van der Waals surface area contributed by atoms with Crippen LogP contribution in [0.5, 0.6) is 0 Å². The fourth-order valence-corrected chi connectivity index (χ4v) is 2.97. The second-order valence-electron chi connectivity index (χ2n) is 6.42. The third kappa shape index (κ3) is 3.32. The summed E-state index contributed by atoms with van der Waals surface area (Å²) in [5.74, 6) is 0. The fourth-order valence-electron chi connectivity index (χ4n) is 2.55. The summed E-state index contributed by atoms with van der Waals surface area (Å²) in [6, 6.07) is 16.2. The van der Waals surface area contributed by atoms with E-state index in [1.807, 2.05) is 51.1 Å². The van der Waals surface area contributed by atoms with Crippen molar-refractivity contribution in [1.82, 2.24) is 4.57 Å². The molecule has 2 aromatic carbocycles. The van der Waals surface area contributed by atoms with Crippen LogP contribution in [0.25, 0.3) is 22.0 Å². The van der Waals surface area contributed by atoms with Crippen molar-refractivity contribution in [3.63, 3.8) is 0 Å². The van der Waals surface area contributed by atoms with Crippen molar-refractivity contribution in [1.29, 1.82) is 0 Å². The highest BCUT2D eigenvalue weighted by Gasteiger charge is 2.21. The van der Waals surface area contributed by atoms with Crippen molar-refractivity contribution < 1.29 is 9.53 Å². The number of nitrogens with zero attached hydrogens (tertiary/aromatic N) is 1. The number of hydrogen-bond acceptors (Lipinski definition) is 2. The molecule has 1 aromatic heterocycles. The molecule has 0 aliphatic carbocycles. The second-order valence-corrected chi connectivity index (χ2v) is 7.34. The number of carbonyl (C=O) groups is 1. The van der Waals surface area contributed by atoms with E-state index < -0.39 is 5.60 Å². The summed E-state index contributed by atoms with van der Waals surface area (Å²) in [7, 11) is 0. The molecule has 0 saturated heterocycles. The Hall–Kier alpha value is -2.07. The van der Waals surface area contributed by atoms with Crippen molar-refractivity contribution in [3.05, 3.63) is 59.2 Å². The quantitative estimate of drug-likeness (QED) is 0.536. The molecule has 118 valence electrons. The first-order valence-electron chi connectivity index (χ1n) is 7.44. The van der Waals surface area contributed by atoms with Gasteiger partial charge in [-0.15, -0.1) is 0 Å². The van der Waals surface area contributed by atoms with Crippen LogP contribution < -0.4 is 0 Å². The van der Waals surface area contributed by atoms with Crippen molar-refractivity contribution in [2.45, 2.75) is 26.4 Å². The molecule has 0 aliphatic heterocycles. The van der Waals surface area contributed by atoms with Gasteiger partial charge in [-0.05, 0) is 53.5 Å². The molecule has 0 aliphatic rings. The number of halogens is 1. The van der Waals surface area contributed by atoms with E-state index in [9.17, 15) is 4.79 Å². The van der Waals surface area contributed by atoms with Crippen LogP contribution in [-0.4, -0.2) is 16.3 Å². The number of hydrogen-bond donors (Lipinski definition) is 0. The Bertz CT molecular complexity index is 869. The Morgan fingerprint density at radius 3 is 2.52 bits per heavy atom. The molecule has 0 amide bonds. The van der Waals surface area contributed by atoms with Crippen LogP contribution in [0.15, 0.2) is 59.2 Å². The van der Waals surface area contributed by atoms with Crippen LogP contribution in [-0.2, 0) is 4.74 Å². The Balaban J connectivity index is 2.15. The number of aromatic nitrogens is 1. The van der Waals surface area contributed by atoms with Crippen LogP contribution in [0.1, 0.15) is 20.8 Å². The number of fused-ring (bicyclic) bond motifs is 1. The highest BCUT2D eigenvalue weighted by Crippen LogP contribution is 2.32. The van der Waals surface area contributed by atoms with Gasteiger partial charge in [0.25, 0.3) is 0 Å². The van der Waals surface area contributed by atoms with Crippen molar-refractivity contribution >= 4 is 32.8 Å². The van der Waals surface area contributed by atoms with Gasteiger partial charge >= 0.3 is 6.09 Å². The number of ether oxygens (including phenoxy) is 1. The summed E-state index contributed by atoms with van der Waals surface area (Å²) in [6.45, 7) is 5.59. The predicted molar refractivity (Wildman–Crippen MR) is 96.7 cm³/mol. The summed E-state index contributed by atoms with van der Waals surface area (Å²) < 4.78 is 7.91. The smallest absolute Gasteiger partial charge is 0.419 e. The molecule has 3 aromatic rings. The maximum absolute atomic E-state index is 12.5. The van der Waals surface area contributed by atoms with E-state index in [0.29, 0.717) is 0 Å². The van der Waals surface area contributed by atoms with Crippen LogP contribution in [0.3, 0.4) is 0 Å². The average molecular weight is 372 g/mol. The highest BCUT2D eigenvalue weighted by molar-refractivity contribution is 9.10. The largest absolute Gasteiger partial charge is 0.443 e.